The second-order valence-corrected chi connectivity index (χ2v) is 10.8. The van der Waals surface area contributed by atoms with Gasteiger partial charge in [-0.05, 0) is 98.5 Å². The van der Waals surface area contributed by atoms with Crippen LogP contribution in [0.4, 0.5) is 10.5 Å². The number of aliphatic hydroxyl groups excluding tert-OH is 1. The maximum absolute atomic E-state index is 12.9. The maximum Gasteiger partial charge on any atom is 0.410 e. The molecule has 2 aromatic rings. The van der Waals surface area contributed by atoms with Crippen LogP contribution in [0.25, 0.3) is 11.1 Å². The molecule has 1 N–H and O–H groups in total. The molecule has 0 saturated carbocycles. The number of anilines is 1. The van der Waals surface area contributed by atoms with Gasteiger partial charge in [-0.1, -0.05) is 6.07 Å². The Labute approximate surface area is 202 Å². The summed E-state index contributed by atoms with van der Waals surface area (Å²) in [7, 11) is 1.65. The highest BCUT2D eigenvalue weighted by Crippen LogP contribution is 2.50. The lowest BCUT2D eigenvalue weighted by Crippen LogP contribution is -2.49. The van der Waals surface area contributed by atoms with E-state index in [0.717, 1.165) is 48.4 Å². The first-order valence-electron chi connectivity index (χ1n) is 12.5. The molecule has 0 spiro atoms. The molecule has 3 aliphatic rings. The number of benzene rings is 2. The summed E-state index contributed by atoms with van der Waals surface area (Å²) in [6.07, 6.45) is 4.17. The second kappa shape index (κ2) is 8.81. The van der Waals surface area contributed by atoms with Gasteiger partial charge in [0, 0.05) is 37.3 Å². The summed E-state index contributed by atoms with van der Waals surface area (Å²) in [5, 5.41) is 10.1. The van der Waals surface area contributed by atoms with E-state index in [0.29, 0.717) is 12.6 Å². The Morgan fingerprint density at radius 2 is 1.97 bits per heavy atom. The number of likely N-dealkylation sites (tertiary alicyclic amines) is 1. The van der Waals surface area contributed by atoms with Gasteiger partial charge in [0.05, 0.1) is 13.7 Å². The summed E-state index contributed by atoms with van der Waals surface area (Å²) in [5.74, 6) is 1.02. The van der Waals surface area contributed by atoms with Gasteiger partial charge in [-0.15, -0.1) is 0 Å². The summed E-state index contributed by atoms with van der Waals surface area (Å²) in [6, 6.07) is 11.0. The summed E-state index contributed by atoms with van der Waals surface area (Å²) in [5.41, 5.74) is 6.67. The molecule has 2 atom stereocenters. The number of ether oxygens (including phenoxy) is 2. The van der Waals surface area contributed by atoms with Crippen LogP contribution in [0.1, 0.15) is 62.6 Å². The molecule has 1 amide bonds. The average molecular weight is 465 g/mol. The van der Waals surface area contributed by atoms with E-state index in [2.05, 4.69) is 17.0 Å². The fourth-order valence-corrected chi connectivity index (χ4v) is 5.96. The van der Waals surface area contributed by atoms with Crippen molar-refractivity contribution in [3.8, 4) is 16.9 Å². The number of rotatable bonds is 3. The predicted molar refractivity (Wildman–Crippen MR) is 134 cm³/mol. The summed E-state index contributed by atoms with van der Waals surface area (Å²) in [6.45, 7) is 8.21. The van der Waals surface area contributed by atoms with Gasteiger partial charge >= 0.3 is 6.09 Å². The van der Waals surface area contributed by atoms with E-state index < -0.39 is 5.60 Å². The highest BCUT2D eigenvalue weighted by Gasteiger charge is 2.45. The minimum atomic E-state index is -0.496. The largest absolute Gasteiger partial charge is 0.497 e. The van der Waals surface area contributed by atoms with Gasteiger partial charge in [-0.2, -0.15) is 0 Å². The van der Waals surface area contributed by atoms with Crippen LogP contribution in [0, 0.1) is 0 Å². The Hall–Kier alpha value is -2.73. The first kappa shape index (κ1) is 23.0. The van der Waals surface area contributed by atoms with E-state index in [-0.39, 0.29) is 18.6 Å². The van der Waals surface area contributed by atoms with Crippen molar-refractivity contribution in [3.05, 3.63) is 47.0 Å². The van der Waals surface area contributed by atoms with Crippen molar-refractivity contribution in [1.82, 2.24) is 4.90 Å². The van der Waals surface area contributed by atoms with E-state index in [1.54, 1.807) is 7.11 Å². The number of hydrogen-bond donors (Lipinski definition) is 1. The Morgan fingerprint density at radius 3 is 2.71 bits per heavy atom. The first-order chi connectivity index (χ1) is 16.3. The average Bonchev–Trinajstić information content (AvgIpc) is 2.96. The minimum absolute atomic E-state index is 0.0381. The number of piperidine rings is 1. The third-order valence-corrected chi connectivity index (χ3v) is 7.42. The van der Waals surface area contributed by atoms with Crippen molar-refractivity contribution in [3.63, 3.8) is 0 Å². The van der Waals surface area contributed by atoms with Gasteiger partial charge in [-0.3, -0.25) is 0 Å². The molecule has 1 fully saturated rings. The van der Waals surface area contributed by atoms with Crippen LogP contribution in [-0.2, 0) is 17.8 Å². The zero-order valence-corrected chi connectivity index (χ0v) is 20.8. The number of aryl methyl sites for hydroxylation is 1. The van der Waals surface area contributed by atoms with Crippen LogP contribution in [0.3, 0.4) is 0 Å². The van der Waals surface area contributed by atoms with Crippen molar-refractivity contribution >= 4 is 11.8 Å². The molecule has 0 aromatic heterocycles. The third-order valence-electron chi connectivity index (χ3n) is 7.42. The molecule has 0 aliphatic carbocycles. The van der Waals surface area contributed by atoms with Gasteiger partial charge in [0.2, 0.25) is 0 Å². The Morgan fingerprint density at radius 1 is 1.15 bits per heavy atom. The van der Waals surface area contributed by atoms with Crippen molar-refractivity contribution in [2.75, 3.05) is 31.6 Å². The first-order valence-corrected chi connectivity index (χ1v) is 12.5. The fourth-order valence-electron chi connectivity index (χ4n) is 5.96. The second-order valence-electron chi connectivity index (χ2n) is 10.8. The molecule has 0 radical (unpaired) electrons. The number of methoxy groups -OCH3 is 1. The van der Waals surface area contributed by atoms with Gasteiger partial charge < -0.3 is 24.4 Å². The van der Waals surface area contributed by atoms with Gasteiger partial charge in [0.25, 0.3) is 0 Å². The number of nitrogens with zero attached hydrogens (tertiary/aromatic N) is 2. The van der Waals surface area contributed by atoms with E-state index in [1.165, 1.54) is 29.7 Å². The SMILES string of the molecule is COc1ccc(-c2cc3c4c(c2)[C@@H]2CN(C(=O)OC(C)(C)C)CC[C@@H]2N4CCCC3)c(CO)c1. The number of fused-ring (bicyclic) bond motifs is 3. The number of carbonyl (C=O) groups excluding carboxylic acids is 1. The molecule has 34 heavy (non-hydrogen) atoms. The molecule has 3 aliphatic heterocycles. The third kappa shape index (κ3) is 4.13. The zero-order chi connectivity index (χ0) is 24.0. The standard InChI is InChI=1S/C28H36N2O4/c1-28(2,3)34-27(32)29-12-10-25-24(16-29)23-15-19(13-18-7-5-6-11-30(25)26(18)23)22-9-8-21(33-4)14-20(22)17-31/h8-9,13-15,24-25,31H,5-7,10-12,16-17H2,1-4H3/t24-,25-/m0/s1. The molecule has 0 bridgehead atoms. The predicted octanol–water partition coefficient (Wildman–Crippen LogP) is 5.10. The van der Waals surface area contributed by atoms with Crippen LogP contribution in [-0.4, -0.2) is 54.5 Å². The monoisotopic (exact) mass is 464 g/mol. The molecule has 5 rings (SSSR count). The van der Waals surface area contributed by atoms with E-state index in [9.17, 15) is 9.90 Å². The van der Waals surface area contributed by atoms with Crippen molar-refractivity contribution in [2.45, 2.75) is 70.6 Å². The number of amides is 1. The zero-order valence-electron chi connectivity index (χ0n) is 20.8. The van der Waals surface area contributed by atoms with E-state index in [1.807, 2.05) is 43.9 Å². The quantitative estimate of drug-likeness (QED) is 0.684. The summed E-state index contributed by atoms with van der Waals surface area (Å²) < 4.78 is 11.1. The molecule has 1 saturated heterocycles. The molecular weight excluding hydrogens is 428 g/mol. The topological polar surface area (TPSA) is 62.2 Å². The van der Waals surface area contributed by atoms with Crippen molar-refractivity contribution < 1.29 is 19.4 Å². The number of hydrogen-bond acceptors (Lipinski definition) is 5. The van der Waals surface area contributed by atoms with Crippen LogP contribution < -0.4 is 9.64 Å². The Bertz CT molecular complexity index is 1090. The van der Waals surface area contributed by atoms with Gasteiger partial charge in [-0.25, -0.2) is 4.79 Å². The van der Waals surface area contributed by atoms with Crippen LogP contribution >= 0.6 is 0 Å². The summed E-state index contributed by atoms with van der Waals surface area (Å²) in [4.78, 5) is 17.4. The lowest BCUT2D eigenvalue weighted by Gasteiger charge is -2.39. The van der Waals surface area contributed by atoms with E-state index >= 15 is 0 Å². The maximum atomic E-state index is 12.9. The molecular formula is C28H36N2O4. The number of carbonyl (C=O) groups is 1. The van der Waals surface area contributed by atoms with Crippen LogP contribution in [0.15, 0.2) is 30.3 Å². The molecule has 182 valence electrons. The van der Waals surface area contributed by atoms with Gasteiger partial charge in [0.15, 0.2) is 0 Å². The summed E-state index contributed by atoms with van der Waals surface area (Å²) >= 11 is 0. The Balaban J connectivity index is 1.55. The van der Waals surface area contributed by atoms with Gasteiger partial charge in [0.1, 0.15) is 11.4 Å². The lowest BCUT2D eigenvalue weighted by molar-refractivity contribution is 0.0189. The fraction of sp³-hybridized carbons (Fsp3) is 0.536. The Kier molecular flexibility index (Phi) is 5.96. The highest BCUT2D eigenvalue weighted by molar-refractivity contribution is 5.78. The van der Waals surface area contributed by atoms with Crippen molar-refractivity contribution in [2.24, 2.45) is 0 Å². The molecule has 2 aromatic carbocycles. The minimum Gasteiger partial charge on any atom is -0.497 e. The smallest absolute Gasteiger partial charge is 0.410 e. The molecule has 6 heteroatoms. The van der Waals surface area contributed by atoms with E-state index in [4.69, 9.17) is 9.47 Å². The number of aliphatic hydroxyl groups is 1. The van der Waals surface area contributed by atoms with Crippen LogP contribution in [0.2, 0.25) is 0 Å². The lowest BCUT2D eigenvalue weighted by atomic mass is 9.85. The molecule has 0 unspecified atom stereocenters. The van der Waals surface area contributed by atoms with Crippen LogP contribution in [0.5, 0.6) is 5.75 Å². The normalized spacial score (nSPS) is 21.6. The van der Waals surface area contributed by atoms with Crippen molar-refractivity contribution in [1.29, 1.82) is 0 Å². The molecule has 6 nitrogen and oxygen atoms in total. The molecule has 3 heterocycles. The highest BCUT2D eigenvalue weighted by atomic mass is 16.6.